The van der Waals surface area contributed by atoms with Crippen LogP contribution in [0.2, 0.25) is 0 Å². The Labute approximate surface area is 257 Å². The lowest BCUT2D eigenvalue weighted by atomic mass is 10.1. The zero-order valence-corrected chi connectivity index (χ0v) is 25.5. The highest BCUT2D eigenvalue weighted by Gasteiger charge is 2.18. The van der Waals surface area contributed by atoms with Gasteiger partial charge in [-0.05, 0) is 59.0 Å². The summed E-state index contributed by atoms with van der Waals surface area (Å²) < 4.78 is 12.4. The molecule has 2 N–H and O–H groups in total. The highest BCUT2D eigenvalue weighted by atomic mass is 16.5. The van der Waals surface area contributed by atoms with Crippen molar-refractivity contribution in [3.63, 3.8) is 0 Å². The average Bonchev–Trinajstić information content (AvgIpc) is 3.06. The molecule has 5 aromatic rings. The van der Waals surface area contributed by atoms with Gasteiger partial charge in [-0.3, -0.25) is 4.79 Å². The van der Waals surface area contributed by atoms with Crippen LogP contribution in [-0.2, 0) is 26.2 Å². The van der Waals surface area contributed by atoms with Crippen molar-refractivity contribution in [1.29, 1.82) is 0 Å². The molecule has 0 amide bonds. The van der Waals surface area contributed by atoms with Crippen molar-refractivity contribution < 1.29 is 14.6 Å². The number of methoxy groups -OCH3 is 2. The van der Waals surface area contributed by atoms with Gasteiger partial charge in [-0.2, -0.15) is 4.98 Å². The third-order valence-corrected chi connectivity index (χ3v) is 7.54. The molecule has 0 radical (unpaired) electrons. The third kappa shape index (κ3) is 7.36. The Bertz CT molecular complexity index is 1670. The summed E-state index contributed by atoms with van der Waals surface area (Å²) in [5.74, 6) is 2.64. The molecule has 5 rings (SSSR count). The summed E-state index contributed by atoms with van der Waals surface area (Å²) in [6.07, 6.45) is 3.74. The van der Waals surface area contributed by atoms with Crippen LogP contribution in [0.15, 0.2) is 89.9 Å². The smallest absolute Gasteiger partial charge is 0.264 e. The molecule has 3 aromatic carbocycles. The second-order valence-corrected chi connectivity index (χ2v) is 10.7. The van der Waals surface area contributed by atoms with E-state index in [0.717, 1.165) is 46.6 Å². The van der Waals surface area contributed by atoms with Crippen molar-refractivity contribution in [2.24, 2.45) is 0 Å². The molecule has 0 aliphatic heterocycles. The number of aliphatic hydroxyl groups is 1. The number of anilines is 2. The number of nitrogens with one attached hydrogen (secondary N) is 1. The molecule has 0 fully saturated rings. The number of aromatic nitrogens is 3. The van der Waals surface area contributed by atoms with Gasteiger partial charge in [0.05, 0.1) is 32.9 Å². The number of fused-ring (bicyclic) bond motifs is 1. The minimum absolute atomic E-state index is 0.0172. The lowest BCUT2D eigenvalue weighted by Crippen LogP contribution is -2.27. The van der Waals surface area contributed by atoms with Crippen LogP contribution in [0.3, 0.4) is 0 Å². The van der Waals surface area contributed by atoms with Gasteiger partial charge in [0.15, 0.2) is 0 Å². The number of hydrogen-bond donors (Lipinski definition) is 2. The van der Waals surface area contributed by atoms with E-state index in [1.807, 2.05) is 78.9 Å². The van der Waals surface area contributed by atoms with Gasteiger partial charge in [0.1, 0.15) is 22.7 Å². The third-order valence-electron chi connectivity index (χ3n) is 7.54. The Balaban J connectivity index is 1.55. The Morgan fingerprint density at radius 3 is 1.91 bits per heavy atom. The van der Waals surface area contributed by atoms with E-state index in [0.29, 0.717) is 48.8 Å². The van der Waals surface area contributed by atoms with Gasteiger partial charge in [-0.15, -0.1) is 0 Å². The number of ether oxygens (including phenoxy) is 2. The van der Waals surface area contributed by atoms with E-state index in [1.165, 1.54) is 0 Å². The fourth-order valence-electron chi connectivity index (χ4n) is 4.99. The van der Waals surface area contributed by atoms with Gasteiger partial charge in [0.25, 0.3) is 5.56 Å². The topological polar surface area (TPSA) is 102 Å². The number of aliphatic hydroxyl groups excluding tert-OH is 1. The first kappa shape index (κ1) is 30.6. The van der Waals surface area contributed by atoms with Crippen molar-refractivity contribution in [1.82, 2.24) is 14.5 Å². The number of unbranched alkanes of at least 4 members (excludes halogenated alkanes) is 1. The molecule has 228 valence electrons. The lowest BCUT2D eigenvalue weighted by molar-refractivity contribution is 0.282. The van der Waals surface area contributed by atoms with Crippen molar-refractivity contribution >= 4 is 22.7 Å². The number of rotatable bonds is 14. The maximum atomic E-state index is 13.9. The Hall–Kier alpha value is -4.89. The molecule has 2 heterocycles. The van der Waals surface area contributed by atoms with Gasteiger partial charge in [0.2, 0.25) is 5.95 Å². The standard InChI is InChI=1S/C35H39N5O4/c1-4-5-19-36-33-32-31(18-20-39(34(32)42)21-25-6-8-28(24-41)9-7-25)37-35(38-33)40(22-26-10-14-29(43-2)15-11-26)23-27-12-16-30(44-3)17-13-27/h6-18,20,41H,4-5,19,21-24H2,1-3H3,(H,36,37,38). The summed E-state index contributed by atoms with van der Waals surface area (Å²) in [6, 6.07) is 25.4. The van der Waals surface area contributed by atoms with Crippen molar-refractivity contribution in [3.8, 4) is 11.5 Å². The normalized spacial score (nSPS) is 11.0. The van der Waals surface area contributed by atoms with Gasteiger partial charge >= 0.3 is 0 Å². The second kappa shape index (κ2) is 14.5. The molecular formula is C35H39N5O4. The Morgan fingerprint density at radius 2 is 1.36 bits per heavy atom. The maximum absolute atomic E-state index is 13.9. The van der Waals surface area contributed by atoms with Crippen LogP contribution in [0.5, 0.6) is 11.5 Å². The fourth-order valence-corrected chi connectivity index (χ4v) is 4.99. The molecule has 0 saturated carbocycles. The van der Waals surface area contributed by atoms with Gasteiger partial charge < -0.3 is 29.4 Å². The van der Waals surface area contributed by atoms with Crippen LogP contribution in [0, 0.1) is 0 Å². The summed E-state index contributed by atoms with van der Waals surface area (Å²) in [7, 11) is 3.31. The van der Waals surface area contributed by atoms with Crippen LogP contribution in [0.25, 0.3) is 10.9 Å². The van der Waals surface area contributed by atoms with E-state index in [9.17, 15) is 9.90 Å². The monoisotopic (exact) mass is 593 g/mol. The van der Waals surface area contributed by atoms with E-state index in [2.05, 4.69) is 17.1 Å². The molecular weight excluding hydrogens is 554 g/mol. The molecule has 0 unspecified atom stereocenters. The molecule has 0 atom stereocenters. The first-order valence-electron chi connectivity index (χ1n) is 14.9. The molecule has 9 nitrogen and oxygen atoms in total. The predicted octanol–water partition coefficient (Wildman–Crippen LogP) is 5.77. The van der Waals surface area contributed by atoms with E-state index in [-0.39, 0.29) is 12.2 Å². The summed E-state index contributed by atoms with van der Waals surface area (Å²) in [6.45, 7) is 4.31. The van der Waals surface area contributed by atoms with Crippen LogP contribution in [0.4, 0.5) is 11.8 Å². The Kier molecular flexibility index (Phi) is 10.1. The fraction of sp³-hybridized carbons (Fsp3) is 0.286. The molecule has 0 spiro atoms. The Morgan fingerprint density at radius 1 is 0.795 bits per heavy atom. The first-order valence-corrected chi connectivity index (χ1v) is 14.9. The van der Waals surface area contributed by atoms with Crippen molar-refractivity contribution in [3.05, 3.63) is 118 Å². The average molecular weight is 594 g/mol. The number of pyridine rings is 1. The summed E-state index contributed by atoms with van der Waals surface area (Å²) in [4.78, 5) is 25.9. The van der Waals surface area contributed by atoms with Crippen LogP contribution in [-0.4, -0.2) is 40.4 Å². The predicted molar refractivity (Wildman–Crippen MR) is 175 cm³/mol. The SMILES string of the molecule is CCCCNc1nc(N(Cc2ccc(OC)cc2)Cc2ccc(OC)cc2)nc2ccn(Cc3ccc(CO)cc3)c(=O)c12. The largest absolute Gasteiger partial charge is 0.497 e. The van der Waals surface area contributed by atoms with Crippen LogP contribution in [0.1, 0.15) is 42.0 Å². The highest BCUT2D eigenvalue weighted by Crippen LogP contribution is 2.25. The van der Waals surface area contributed by atoms with Gasteiger partial charge in [-0.25, -0.2) is 4.98 Å². The van der Waals surface area contributed by atoms with Crippen molar-refractivity contribution in [2.45, 2.75) is 46.0 Å². The van der Waals surface area contributed by atoms with E-state index in [4.69, 9.17) is 19.4 Å². The summed E-state index contributed by atoms with van der Waals surface area (Å²) in [5.41, 5.74) is 4.37. The second-order valence-electron chi connectivity index (χ2n) is 10.7. The summed E-state index contributed by atoms with van der Waals surface area (Å²) in [5, 5.41) is 13.3. The first-order chi connectivity index (χ1) is 21.5. The molecule has 0 saturated heterocycles. The summed E-state index contributed by atoms with van der Waals surface area (Å²) >= 11 is 0. The number of benzene rings is 3. The highest BCUT2D eigenvalue weighted by molar-refractivity contribution is 5.89. The minimum Gasteiger partial charge on any atom is -0.497 e. The molecule has 2 aromatic heterocycles. The zero-order chi connectivity index (χ0) is 30.9. The molecule has 0 aliphatic carbocycles. The number of nitrogens with zero attached hydrogens (tertiary/aromatic N) is 4. The molecule has 0 aliphatic rings. The quantitative estimate of drug-likeness (QED) is 0.157. The molecule has 44 heavy (non-hydrogen) atoms. The van der Waals surface area contributed by atoms with Gasteiger partial charge in [0, 0.05) is 25.8 Å². The van der Waals surface area contributed by atoms with E-state index in [1.54, 1.807) is 25.0 Å². The lowest BCUT2D eigenvalue weighted by Gasteiger charge is -2.24. The van der Waals surface area contributed by atoms with Crippen molar-refractivity contribution in [2.75, 3.05) is 31.0 Å². The minimum atomic E-state index is -0.156. The maximum Gasteiger partial charge on any atom is 0.264 e. The molecule has 9 heteroatoms. The zero-order valence-electron chi connectivity index (χ0n) is 25.5. The molecule has 0 bridgehead atoms. The number of hydrogen-bond acceptors (Lipinski definition) is 8. The van der Waals surface area contributed by atoms with Gasteiger partial charge in [-0.1, -0.05) is 61.9 Å². The van der Waals surface area contributed by atoms with E-state index < -0.39 is 0 Å². The van der Waals surface area contributed by atoms with E-state index >= 15 is 0 Å². The van der Waals surface area contributed by atoms with Crippen LogP contribution >= 0.6 is 0 Å². The van der Waals surface area contributed by atoms with Crippen LogP contribution < -0.4 is 25.2 Å².